The molecule has 1 aromatic heterocycles. The predicted molar refractivity (Wildman–Crippen MR) is 45.1 cm³/mol. The first-order chi connectivity index (χ1) is 5.36. The third-order valence-corrected chi connectivity index (χ3v) is 3.42. The normalized spacial score (nSPS) is 18.2. The second kappa shape index (κ2) is 2.23. The predicted octanol–water partition coefficient (Wildman–Crippen LogP) is 1.69. The second-order valence-corrected chi connectivity index (χ2v) is 6.98. The molecule has 0 aliphatic rings. The van der Waals surface area contributed by atoms with Crippen LogP contribution in [0.4, 0.5) is 0 Å². The van der Waals surface area contributed by atoms with Crippen LogP contribution in [0.5, 0.6) is 0 Å². The van der Waals surface area contributed by atoms with E-state index in [0.717, 1.165) is 5.32 Å². The Morgan fingerprint density at radius 1 is 1.78 bits per heavy atom. The molecule has 1 heterocycles. The summed E-state index contributed by atoms with van der Waals surface area (Å²) in [4.78, 5) is 4.07. The summed E-state index contributed by atoms with van der Waals surface area (Å²) in [7, 11) is -2.33. The molecule has 0 amide bonds. The molecule has 1 nitrogen and oxygen atoms in total. The molecule has 1 rings (SSSR count). The van der Waals surface area contributed by atoms with E-state index in [1.165, 1.54) is 11.3 Å². The van der Waals surface area contributed by atoms with Gasteiger partial charge in [0.1, 0.15) is 8.07 Å². The molecule has 0 radical (unpaired) electrons. The van der Waals surface area contributed by atoms with Crippen LogP contribution < -0.4 is 5.32 Å². The number of aromatic nitrogens is 1. The van der Waals surface area contributed by atoms with Crippen LogP contribution >= 0.6 is 11.3 Å². The van der Waals surface area contributed by atoms with Crippen molar-refractivity contribution in [3.63, 3.8) is 0 Å². The van der Waals surface area contributed by atoms with Gasteiger partial charge in [0.25, 0.3) is 0 Å². The van der Waals surface area contributed by atoms with Gasteiger partial charge < -0.3 is 0 Å². The fourth-order valence-corrected chi connectivity index (χ4v) is 2.81. The highest BCUT2D eigenvalue weighted by Crippen LogP contribution is 2.01. The summed E-state index contributed by atoms with van der Waals surface area (Å²) >= 11 is 1.46. The van der Waals surface area contributed by atoms with Crippen LogP contribution in [-0.4, -0.2) is 13.1 Å². The van der Waals surface area contributed by atoms with Crippen LogP contribution in [0, 0.1) is 0 Å². The highest BCUT2D eigenvalue weighted by molar-refractivity contribution is 7.09. The molecule has 0 spiro atoms. The highest BCUT2D eigenvalue weighted by atomic mass is 32.1. The summed E-state index contributed by atoms with van der Waals surface area (Å²) in [5.74, 6) is 0. The molecule has 0 saturated carbocycles. The molecule has 0 aliphatic heterocycles. The minimum Gasteiger partial charge on any atom is -0.255 e. The largest absolute Gasteiger partial charge is 0.255 e. The van der Waals surface area contributed by atoms with Crippen molar-refractivity contribution in [3.8, 4) is 0 Å². The van der Waals surface area contributed by atoms with Crippen LogP contribution in [0.1, 0.15) is 4.11 Å². The maximum Gasteiger partial charge on any atom is 0.102 e. The van der Waals surface area contributed by atoms with Crippen LogP contribution in [-0.2, 0) is 0 Å². The van der Waals surface area contributed by atoms with Gasteiger partial charge in [-0.05, 0) is 0 Å². The number of hydrogen-bond acceptors (Lipinski definition) is 2. The lowest BCUT2D eigenvalue weighted by atomic mass is 11.0. The number of hydrogen-bond donors (Lipinski definition) is 0. The lowest BCUT2D eigenvalue weighted by Crippen LogP contribution is -2.38. The Hall–Kier alpha value is -0.153. The number of thiazole rings is 1. The van der Waals surface area contributed by atoms with Crippen LogP contribution in [0.25, 0.3) is 0 Å². The van der Waals surface area contributed by atoms with Gasteiger partial charge in [0, 0.05) is 14.8 Å². The molecule has 50 valence electrons. The molecule has 1 aromatic rings. The highest BCUT2D eigenvalue weighted by Gasteiger charge is 2.17. The molecule has 0 unspecified atom stereocenters. The summed E-state index contributed by atoms with van der Waals surface area (Å²) in [6.45, 7) is 1.81. The van der Waals surface area contributed by atoms with Gasteiger partial charge in [-0.3, -0.25) is 4.98 Å². The van der Waals surface area contributed by atoms with Crippen molar-refractivity contribution < 1.29 is 4.11 Å². The molecule has 0 N–H and O–H groups in total. The van der Waals surface area contributed by atoms with E-state index in [0.29, 0.717) is 0 Å². The smallest absolute Gasteiger partial charge is 0.102 e. The van der Waals surface area contributed by atoms with Gasteiger partial charge in [-0.2, -0.15) is 0 Å². The van der Waals surface area contributed by atoms with E-state index in [1.807, 2.05) is 18.5 Å². The molecule has 3 heteroatoms. The van der Waals surface area contributed by atoms with E-state index in [1.54, 1.807) is 5.51 Å². The zero-order valence-electron chi connectivity index (χ0n) is 8.51. The van der Waals surface area contributed by atoms with Crippen molar-refractivity contribution in [2.45, 2.75) is 19.6 Å². The summed E-state index contributed by atoms with van der Waals surface area (Å²) < 4.78 is 22.1. The first-order valence-electron chi connectivity index (χ1n) is 4.24. The quantitative estimate of drug-likeness (QED) is 0.570. The van der Waals surface area contributed by atoms with E-state index in [2.05, 4.69) is 4.98 Å². The lowest BCUT2D eigenvalue weighted by molar-refractivity contribution is 1.45. The minimum absolute atomic E-state index is 0.785. The molecular weight excluding hydrogens is 146 g/mol. The Balaban J connectivity index is 3.02. The molecular formula is C6H11NSSi. The summed E-state index contributed by atoms with van der Waals surface area (Å²) in [6, 6.07) is 0. The Labute approximate surface area is 65.0 Å². The number of rotatable bonds is 1. The van der Waals surface area contributed by atoms with Gasteiger partial charge in [0.05, 0.1) is 5.51 Å². The van der Waals surface area contributed by atoms with Crippen molar-refractivity contribution in [1.29, 1.82) is 0 Å². The minimum atomic E-state index is -2.33. The SMILES string of the molecule is [2H]C([2H])([2H])[Si](C)(C)c1cscn1. The topological polar surface area (TPSA) is 12.9 Å². The Morgan fingerprint density at radius 3 is 3.00 bits per heavy atom. The van der Waals surface area contributed by atoms with Gasteiger partial charge in [-0.1, -0.05) is 19.6 Å². The van der Waals surface area contributed by atoms with Crippen LogP contribution in [0.15, 0.2) is 10.9 Å². The summed E-state index contributed by atoms with van der Waals surface area (Å²) in [5.41, 5.74) is 1.69. The van der Waals surface area contributed by atoms with Gasteiger partial charge >= 0.3 is 0 Å². The average Bonchev–Trinajstić information content (AvgIpc) is 2.34. The summed E-state index contributed by atoms with van der Waals surface area (Å²) in [5, 5.41) is 2.63. The van der Waals surface area contributed by atoms with E-state index < -0.39 is 14.5 Å². The van der Waals surface area contributed by atoms with E-state index >= 15 is 0 Å². The Kier molecular flexibility index (Phi) is 0.961. The first kappa shape index (κ1) is 3.88. The van der Waals surface area contributed by atoms with Gasteiger partial charge in [-0.25, -0.2) is 0 Å². The van der Waals surface area contributed by atoms with E-state index in [9.17, 15) is 0 Å². The van der Waals surface area contributed by atoms with Crippen molar-refractivity contribution in [2.24, 2.45) is 0 Å². The third kappa shape index (κ3) is 1.63. The third-order valence-electron chi connectivity index (χ3n) is 1.07. The fourth-order valence-electron chi connectivity index (χ4n) is 0.521. The van der Waals surface area contributed by atoms with Crippen LogP contribution in [0.2, 0.25) is 19.6 Å². The van der Waals surface area contributed by atoms with E-state index in [-0.39, 0.29) is 0 Å². The Morgan fingerprint density at radius 2 is 2.56 bits per heavy atom. The monoisotopic (exact) mass is 160 g/mol. The molecule has 0 aromatic carbocycles. The standard InChI is InChI=1S/C6H11NSSi/c1-9(2,3)6-4-8-5-7-6/h4-5H,1-3H3/i1D3. The molecule has 0 aliphatic carbocycles. The molecule has 9 heavy (non-hydrogen) atoms. The maximum atomic E-state index is 7.37. The van der Waals surface area contributed by atoms with Crippen molar-refractivity contribution >= 4 is 24.7 Å². The zero-order chi connectivity index (χ0) is 9.41. The first-order valence-corrected chi connectivity index (χ1v) is 6.68. The molecule has 0 fully saturated rings. The second-order valence-electron chi connectivity index (χ2n) is 2.50. The van der Waals surface area contributed by atoms with Crippen molar-refractivity contribution in [1.82, 2.24) is 4.98 Å². The Bertz CT molecular complexity index is 254. The van der Waals surface area contributed by atoms with Gasteiger partial charge in [0.2, 0.25) is 0 Å². The van der Waals surface area contributed by atoms with Gasteiger partial charge in [-0.15, -0.1) is 11.3 Å². The fraction of sp³-hybridized carbons (Fsp3) is 0.500. The van der Waals surface area contributed by atoms with Crippen molar-refractivity contribution in [3.05, 3.63) is 10.9 Å². The van der Waals surface area contributed by atoms with Gasteiger partial charge in [0.15, 0.2) is 0 Å². The molecule has 0 atom stereocenters. The molecule has 0 bridgehead atoms. The lowest BCUT2D eigenvalue weighted by Gasteiger charge is -2.10. The van der Waals surface area contributed by atoms with Crippen molar-refractivity contribution in [2.75, 3.05) is 0 Å². The zero-order valence-corrected chi connectivity index (χ0v) is 7.33. The summed E-state index contributed by atoms with van der Waals surface area (Å²) in [6.07, 6.45) is 0. The number of nitrogens with zero attached hydrogens (tertiary/aromatic N) is 1. The molecule has 0 saturated heterocycles. The van der Waals surface area contributed by atoms with E-state index in [4.69, 9.17) is 4.11 Å². The maximum absolute atomic E-state index is 7.37. The average molecular weight is 160 g/mol. The van der Waals surface area contributed by atoms with Crippen LogP contribution in [0.3, 0.4) is 0 Å².